The second kappa shape index (κ2) is 11.3. The number of carbonyl (C=O) groups excluding carboxylic acids is 1. The molecule has 3 heteroatoms. The highest BCUT2D eigenvalue weighted by molar-refractivity contribution is 14.1. The molecule has 1 fully saturated rings. The van der Waals surface area contributed by atoms with Gasteiger partial charge in [0.05, 0.1) is 7.11 Å². The summed E-state index contributed by atoms with van der Waals surface area (Å²) >= 11 is 2.34. The van der Waals surface area contributed by atoms with Gasteiger partial charge in [0.25, 0.3) is 0 Å². The number of halogens is 1. The van der Waals surface area contributed by atoms with Crippen molar-refractivity contribution in [1.29, 1.82) is 0 Å². The number of ketones is 1. The van der Waals surface area contributed by atoms with Gasteiger partial charge in [0.2, 0.25) is 0 Å². The number of aryl methyl sites for hydroxylation is 1. The zero-order valence-electron chi connectivity index (χ0n) is 18.6. The quantitative estimate of drug-likeness (QED) is 0.323. The van der Waals surface area contributed by atoms with Crippen LogP contribution in [0.25, 0.3) is 0 Å². The molecule has 2 aromatic rings. The summed E-state index contributed by atoms with van der Waals surface area (Å²) in [7, 11) is 1.72. The lowest BCUT2D eigenvalue weighted by atomic mass is 9.75. The number of carbonyl (C=O) groups is 1. The van der Waals surface area contributed by atoms with Crippen LogP contribution < -0.4 is 4.74 Å². The van der Waals surface area contributed by atoms with E-state index in [4.69, 9.17) is 4.74 Å². The molecule has 0 bridgehead atoms. The van der Waals surface area contributed by atoms with Crippen molar-refractivity contribution in [2.24, 2.45) is 17.8 Å². The average Bonchev–Trinajstić information content (AvgIpc) is 2.77. The highest BCUT2D eigenvalue weighted by Gasteiger charge is 2.29. The largest absolute Gasteiger partial charge is 0.497 e. The van der Waals surface area contributed by atoms with Gasteiger partial charge in [-0.25, -0.2) is 0 Å². The number of hydrogen-bond donors (Lipinski definition) is 0. The van der Waals surface area contributed by atoms with Crippen LogP contribution in [0.1, 0.15) is 69.4 Å². The molecule has 0 aliphatic heterocycles. The molecule has 0 saturated heterocycles. The van der Waals surface area contributed by atoms with Crippen LogP contribution in [0.15, 0.2) is 48.5 Å². The van der Waals surface area contributed by atoms with Crippen LogP contribution >= 0.6 is 22.6 Å². The maximum absolute atomic E-state index is 13.1. The molecule has 30 heavy (non-hydrogen) atoms. The molecule has 3 rings (SSSR count). The Kier molecular flexibility index (Phi) is 8.79. The van der Waals surface area contributed by atoms with Crippen molar-refractivity contribution in [2.45, 2.75) is 64.7 Å². The maximum atomic E-state index is 13.1. The summed E-state index contributed by atoms with van der Waals surface area (Å²) in [6.07, 6.45) is 7.52. The Hall–Kier alpha value is -1.36. The zero-order chi connectivity index (χ0) is 21.5. The molecule has 0 amide bonds. The van der Waals surface area contributed by atoms with Gasteiger partial charge in [-0.15, -0.1) is 0 Å². The summed E-state index contributed by atoms with van der Waals surface area (Å²) in [6, 6.07) is 17.1. The standard InChI is InChI=1S/C27H35IO2/c1-19(2)26(22-13-15-24(28)16-14-22)18-27(29)23-11-9-20(10-12-23)7-8-21-5-4-6-25(17-21)30-3/h4-6,13-17,19-20,23,26H,7-12,18H2,1-3H3/t20?,23?,26-/m1/s1. The van der Waals surface area contributed by atoms with Gasteiger partial charge in [-0.05, 0) is 114 Å². The van der Waals surface area contributed by atoms with E-state index < -0.39 is 0 Å². The average molecular weight is 518 g/mol. The van der Waals surface area contributed by atoms with Gasteiger partial charge in [-0.3, -0.25) is 4.79 Å². The second-order valence-electron chi connectivity index (χ2n) is 9.18. The van der Waals surface area contributed by atoms with E-state index in [9.17, 15) is 4.79 Å². The van der Waals surface area contributed by atoms with E-state index >= 15 is 0 Å². The predicted molar refractivity (Wildman–Crippen MR) is 133 cm³/mol. The monoisotopic (exact) mass is 518 g/mol. The van der Waals surface area contributed by atoms with E-state index in [2.05, 4.69) is 78.9 Å². The Bertz CT molecular complexity index is 804. The molecule has 162 valence electrons. The molecule has 2 aromatic carbocycles. The van der Waals surface area contributed by atoms with Gasteiger partial charge < -0.3 is 4.74 Å². The van der Waals surface area contributed by atoms with Gasteiger partial charge in [0.15, 0.2) is 0 Å². The Morgan fingerprint density at radius 1 is 1.07 bits per heavy atom. The van der Waals surface area contributed by atoms with Crippen LogP contribution in [0.3, 0.4) is 0 Å². The number of ether oxygens (including phenoxy) is 1. The second-order valence-corrected chi connectivity index (χ2v) is 10.4. The smallest absolute Gasteiger partial charge is 0.136 e. The Morgan fingerprint density at radius 3 is 2.40 bits per heavy atom. The van der Waals surface area contributed by atoms with Crippen molar-refractivity contribution >= 4 is 28.4 Å². The van der Waals surface area contributed by atoms with E-state index in [0.717, 1.165) is 30.9 Å². The topological polar surface area (TPSA) is 26.3 Å². The third kappa shape index (κ3) is 6.57. The number of benzene rings is 2. The molecule has 1 atom stereocenters. The van der Waals surface area contributed by atoms with Crippen LogP contribution in [0.4, 0.5) is 0 Å². The lowest BCUT2D eigenvalue weighted by Crippen LogP contribution is -2.24. The first kappa shape index (κ1) is 23.3. The summed E-state index contributed by atoms with van der Waals surface area (Å²) in [5.41, 5.74) is 2.66. The van der Waals surface area contributed by atoms with Gasteiger partial charge in [-0.2, -0.15) is 0 Å². The third-order valence-electron chi connectivity index (χ3n) is 6.80. The Balaban J connectivity index is 1.48. The fourth-order valence-corrected chi connectivity index (χ4v) is 5.16. The van der Waals surface area contributed by atoms with Crippen molar-refractivity contribution in [1.82, 2.24) is 0 Å². The molecule has 0 unspecified atom stereocenters. The molecule has 0 heterocycles. The number of rotatable bonds is 9. The fraction of sp³-hybridized carbons (Fsp3) is 0.519. The summed E-state index contributed by atoms with van der Waals surface area (Å²) < 4.78 is 6.58. The van der Waals surface area contributed by atoms with E-state index in [-0.39, 0.29) is 5.92 Å². The predicted octanol–water partition coefficient (Wildman–Crippen LogP) is 7.44. The van der Waals surface area contributed by atoms with Crippen LogP contribution in [-0.4, -0.2) is 12.9 Å². The van der Waals surface area contributed by atoms with E-state index in [1.54, 1.807) is 7.11 Å². The molecular weight excluding hydrogens is 483 g/mol. The molecule has 2 nitrogen and oxygen atoms in total. The van der Waals surface area contributed by atoms with Crippen molar-refractivity contribution in [3.05, 3.63) is 63.2 Å². The van der Waals surface area contributed by atoms with Crippen LogP contribution in [-0.2, 0) is 11.2 Å². The Morgan fingerprint density at radius 2 is 1.77 bits per heavy atom. The first-order chi connectivity index (χ1) is 14.5. The molecule has 0 N–H and O–H groups in total. The third-order valence-corrected chi connectivity index (χ3v) is 7.52. The van der Waals surface area contributed by atoms with Crippen LogP contribution in [0.2, 0.25) is 0 Å². The molecular formula is C27H35IO2. The molecule has 1 aliphatic rings. The fourth-order valence-electron chi connectivity index (χ4n) is 4.80. The summed E-state index contributed by atoms with van der Waals surface area (Å²) in [5, 5.41) is 0. The van der Waals surface area contributed by atoms with Crippen LogP contribution in [0, 0.1) is 21.3 Å². The highest BCUT2D eigenvalue weighted by atomic mass is 127. The molecule has 1 aliphatic carbocycles. The van der Waals surface area contributed by atoms with Crippen molar-refractivity contribution in [2.75, 3.05) is 7.11 Å². The lowest BCUT2D eigenvalue weighted by Gasteiger charge is -2.29. The minimum atomic E-state index is 0.267. The zero-order valence-corrected chi connectivity index (χ0v) is 20.7. The first-order valence-electron chi connectivity index (χ1n) is 11.4. The normalized spacial score (nSPS) is 20.2. The molecule has 0 aromatic heterocycles. The van der Waals surface area contributed by atoms with E-state index in [0.29, 0.717) is 24.0 Å². The summed E-state index contributed by atoms with van der Waals surface area (Å²) in [6.45, 7) is 4.48. The van der Waals surface area contributed by atoms with Gasteiger partial charge in [0.1, 0.15) is 11.5 Å². The van der Waals surface area contributed by atoms with E-state index in [1.165, 1.54) is 34.0 Å². The van der Waals surface area contributed by atoms with Crippen molar-refractivity contribution in [3.63, 3.8) is 0 Å². The number of hydrogen-bond acceptors (Lipinski definition) is 2. The Labute approximate surface area is 195 Å². The van der Waals surface area contributed by atoms with Crippen molar-refractivity contribution in [3.8, 4) is 5.75 Å². The molecule has 0 radical (unpaired) electrons. The lowest BCUT2D eigenvalue weighted by molar-refractivity contribution is -0.124. The van der Waals surface area contributed by atoms with Gasteiger partial charge in [0, 0.05) is 15.9 Å². The van der Waals surface area contributed by atoms with Gasteiger partial charge in [-0.1, -0.05) is 38.1 Å². The first-order valence-corrected chi connectivity index (χ1v) is 12.4. The molecule has 0 spiro atoms. The minimum Gasteiger partial charge on any atom is -0.497 e. The van der Waals surface area contributed by atoms with Gasteiger partial charge >= 0.3 is 0 Å². The minimum absolute atomic E-state index is 0.267. The summed E-state index contributed by atoms with van der Waals surface area (Å²) in [4.78, 5) is 13.1. The SMILES string of the molecule is COc1cccc(CCC2CCC(C(=O)C[C@@H](c3ccc(I)cc3)C(C)C)CC2)c1. The summed E-state index contributed by atoms with van der Waals surface area (Å²) in [5.74, 6) is 3.25. The number of methoxy groups -OCH3 is 1. The molecule has 1 saturated carbocycles. The maximum Gasteiger partial charge on any atom is 0.136 e. The number of Topliss-reactive ketones (excluding diaryl/α,β-unsaturated/α-hetero) is 1. The van der Waals surface area contributed by atoms with Crippen LogP contribution in [0.5, 0.6) is 5.75 Å². The highest BCUT2D eigenvalue weighted by Crippen LogP contribution is 2.36. The van der Waals surface area contributed by atoms with E-state index in [1.807, 2.05) is 6.07 Å². The van der Waals surface area contributed by atoms with Crippen molar-refractivity contribution < 1.29 is 9.53 Å².